The van der Waals surface area contributed by atoms with Crippen molar-refractivity contribution < 1.29 is 19.4 Å². The van der Waals surface area contributed by atoms with Crippen molar-refractivity contribution in [2.45, 2.75) is 5.60 Å². The van der Waals surface area contributed by atoms with Crippen LogP contribution in [-0.2, 0) is 10.3 Å². The first-order valence-corrected chi connectivity index (χ1v) is 7.51. The van der Waals surface area contributed by atoms with Gasteiger partial charge in [0.05, 0.1) is 17.2 Å². The summed E-state index contributed by atoms with van der Waals surface area (Å²) in [5.74, 6) is -0.319. The Labute approximate surface area is 126 Å². The number of nitrogens with zero attached hydrogens (tertiary/aromatic N) is 1. The average Bonchev–Trinajstić information content (AvgIpc) is 3.09. The van der Waals surface area contributed by atoms with Gasteiger partial charge in [-0.2, -0.15) is 0 Å². The maximum atomic E-state index is 11.2. The van der Waals surface area contributed by atoms with E-state index in [9.17, 15) is 4.79 Å². The monoisotopic (exact) mass is 353 g/mol. The Hall–Kier alpha value is -1.44. The molecule has 0 saturated carbocycles. The maximum Gasteiger partial charge on any atom is 0.365 e. The van der Waals surface area contributed by atoms with E-state index in [-0.39, 0.29) is 5.01 Å². The van der Waals surface area contributed by atoms with E-state index in [0.29, 0.717) is 24.7 Å². The first kappa shape index (κ1) is 12.3. The molecule has 2 aliphatic heterocycles. The molecule has 1 unspecified atom stereocenters. The molecular weight excluding hydrogens is 346 g/mol. The van der Waals surface area contributed by atoms with Crippen molar-refractivity contribution in [1.29, 1.82) is 0 Å². The van der Waals surface area contributed by atoms with Crippen molar-refractivity contribution in [1.82, 2.24) is 4.98 Å². The van der Waals surface area contributed by atoms with Gasteiger partial charge in [-0.25, -0.2) is 9.78 Å². The van der Waals surface area contributed by atoms with Crippen molar-refractivity contribution >= 4 is 33.2 Å². The summed E-state index contributed by atoms with van der Waals surface area (Å²) < 4.78 is 12.2. The number of halogens is 1. The fraction of sp³-hybridized carbons (Fsp3) is 0.231. The topological polar surface area (TPSA) is 72.0 Å². The summed E-state index contributed by atoms with van der Waals surface area (Å²) in [6, 6.07) is 5.63. The number of hydrogen-bond acceptors (Lipinski definition) is 5. The van der Waals surface area contributed by atoms with Crippen LogP contribution >= 0.6 is 27.3 Å². The van der Waals surface area contributed by atoms with Crippen LogP contribution in [-0.4, -0.2) is 29.3 Å². The highest BCUT2D eigenvalue weighted by atomic mass is 79.9. The molecule has 2 aliphatic rings. The zero-order valence-corrected chi connectivity index (χ0v) is 12.5. The summed E-state index contributed by atoms with van der Waals surface area (Å²) >= 11 is 4.58. The van der Waals surface area contributed by atoms with Gasteiger partial charge < -0.3 is 14.6 Å². The van der Waals surface area contributed by atoms with Crippen molar-refractivity contribution in [3.05, 3.63) is 32.6 Å². The number of carbonyl (C=O) groups is 1. The highest BCUT2D eigenvalue weighted by Gasteiger charge is 2.53. The lowest BCUT2D eigenvalue weighted by molar-refractivity contribution is 0.0696. The molecule has 7 heteroatoms. The van der Waals surface area contributed by atoms with Crippen LogP contribution in [0.25, 0.3) is 11.3 Å². The number of fused-ring (bicyclic) bond motifs is 4. The van der Waals surface area contributed by atoms with Gasteiger partial charge in [0.25, 0.3) is 0 Å². The van der Waals surface area contributed by atoms with E-state index in [1.165, 1.54) is 0 Å². The Morgan fingerprint density at radius 2 is 2.25 bits per heavy atom. The van der Waals surface area contributed by atoms with Gasteiger partial charge in [-0.15, -0.1) is 11.3 Å². The van der Waals surface area contributed by atoms with E-state index >= 15 is 0 Å². The molecule has 0 amide bonds. The fourth-order valence-corrected chi connectivity index (χ4v) is 3.67. The zero-order chi connectivity index (χ0) is 13.9. The predicted octanol–water partition coefficient (Wildman–Crippen LogP) is 2.89. The van der Waals surface area contributed by atoms with Crippen molar-refractivity contribution in [2.75, 3.05) is 13.2 Å². The summed E-state index contributed by atoms with van der Waals surface area (Å²) in [4.78, 5) is 16.3. The summed E-state index contributed by atoms with van der Waals surface area (Å²) in [5.41, 5.74) is 0.927. The van der Waals surface area contributed by atoms with Crippen LogP contribution in [0.3, 0.4) is 0 Å². The minimum Gasteiger partial charge on any atom is -0.489 e. The van der Waals surface area contributed by atoms with E-state index in [4.69, 9.17) is 14.6 Å². The van der Waals surface area contributed by atoms with E-state index in [0.717, 1.165) is 26.3 Å². The summed E-state index contributed by atoms with van der Waals surface area (Å²) in [5, 5.41) is 9.25. The van der Waals surface area contributed by atoms with Crippen LogP contribution < -0.4 is 4.74 Å². The quantitative estimate of drug-likeness (QED) is 0.798. The Kier molecular flexibility index (Phi) is 2.48. The highest BCUT2D eigenvalue weighted by Crippen LogP contribution is 2.51. The smallest absolute Gasteiger partial charge is 0.365 e. The number of benzene rings is 1. The van der Waals surface area contributed by atoms with Crippen LogP contribution in [0.4, 0.5) is 0 Å². The Bertz CT molecular complexity index is 738. The molecule has 5 nitrogen and oxygen atoms in total. The van der Waals surface area contributed by atoms with Gasteiger partial charge >= 0.3 is 5.97 Å². The summed E-state index contributed by atoms with van der Waals surface area (Å²) in [7, 11) is 0. The van der Waals surface area contributed by atoms with Gasteiger partial charge in [-0.1, -0.05) is 15.9 Å². The molecule has 1 N–H and O–H groups in total. The lowest BCUT2D eigenvalue weighted by Crippen LogP contribution is -2.16. The minimum atomic E-state index is -1.02. The lowest BCUT2D eigenvalue weighted by Gasteiger charge is -2.08. The van der Waals surface area contributed by atoms with Gasteiger partial charge in [0.1, 0.15) is 12.4 Å². The molecular formula is C13H8BrNO4S. The summed E-state index contributed by atoms with van der Waals surface area (Å²) in [6.07, 6.45) is 0. The van der Waals surface area contributed by atoms with Gasteiger partial charge in [-0.3, -0.25) is 0 Å². The normalized spacial score (nSPS) is 22.6. The first-order chi connectivity index (χ1) is 9.59. The Balaban J connectivity index is 1.99. The predicted molar refractivity (Wildman–Crippen MR) is 75.3 cm³/mol. The molecule has 4 rings (SSSR count). The van der Waals surface area contributed by atoms with Crippen molar-refractivity contribution in [3.8, 4) is 17.0 Å². The van der Waals surface area contributed by atoms with Gasteiger partial charge in [0, 0.05) is 10.0 Å². The number of rotatable bonds is 1. The number of hydrogen-bond donors (Lipinski definition) is 1. The average molecular weight is 354 g/mol. The molecule has 0 aliphatic carbocycles. The molecule has 0 bridgehead atoms. The highest BCUT2D eigenvalue weighted by molar-refractivity contribution is 9.10. The minimum absolute atomic E-state index is 0.0812. The second kappa shape index (κ2) is 4.03. The molecule has 102 valence electrons. The Morgan fingerprint density at radius 1 is 1.45 bits per heavy atom. The number of carboxylic acid groups (broad SMARTS) is 1. The van der Waals surface area contributed by atoms with Gasteiger partial charge in [0.15, 0.2) is 5.60 Å². The van der Waals surface area contributed by atoms with Crippen LogP contribution in [0, 0.1) is 0 Å². The third kappa shape index (κ3) is 1.70. The second-order valence-corrected chi connectivity index (χ2v) is 6.63. The van der Waals surface area contributed by atoms with Crippen LogP contribution in [0.2, 0.25) is 0 Å². The van der Waals surface area contributed by atoms with Crippen LogP contribution in [0.5, 0.6) is 5.75 Å². The molecule has 1 atom stereocenters. The molecule has 1 aromatic carbocycles. The largest absolute Gasteiger partial charge is 0.489 e. The number of thiazole rings is 1. The molecule has 0 radical (unpaired) electrons. The number of aromatic nitrogens is 1. The molecule has 2 aromatic rings. The second-order valence-electron chi connectivity index (χ2n) is 4.71. The number of ether oxygens (including phenoxy) is 2. The van der Waals surface area contributed by atoms with Crippen molar-refractivity contribution in [3.63, 3.8) is 0 Å². The van der Waals surface area contributed by atoms with E-state index < -0.39 is 11.6 Å². The summed E-state index contributed by atoms with van der Waals surface area (Å²) in [6.45, 7) is 0.923. The van der Waals surface area contributed by atoms with Gasteiger partial charge in [0.2, 0.25) is 5.01 Å². The van der Waals surface area contributed by atoms with E-state index in [1.54, 1.807) is 0 Å². The third-order valence-corrected chi connectivity index (χ3v) is 5.10. The van der Waals surface area contributed by atoms with Crippen LogP contribution in [0.1, 0.15) is 14.7 Å². The van der Waals surface area contributed by atoms with E-state index in [1.807, 2.05) is 18.2 Å². The Morgan fingerprint density at radius 3 is 2.95 bits per heavy atom. The molecule has 20 heavy (non-hydrogen) atoms. The first-order valence-electron chi connectivity index (χ1n) is 5.90. The standard InChI is InChI=1S/C13H8BrNO4S/c14-6-1-2-8-7(3-6)9-10(13(4-18-8)5-19-13)20-11(15-9)12(16)17/h1-3H,4-5H2,(H,16,17). The molecule has 1 saturated heterocycles. The third-order valence-electron chi connectivity index (χ3n) is 3.37. The molecule has 1 fully saturated rings. The van der Waals surface area contributed by atoms with Crippen LogP contribution in [0.15, 0.2) is 22.7 Å². The molecule has 1 spiro atoms. The fourth-order valence-electron chi connectivity index (χ4n) is 2.28. The van der Waals surface area contributed by atoms with Crippen molar-refractivity contribution in [2.24, 2.45) is 0 Å². The number of carboxylic acids is 1. The number of epoxide rings is 1. The number of aromatic carboxylic acids is 1. The SMILES string of the molecule is O=C(O)c1nc2c(s1)C1(COc3ccc(Br)cc3-2)CO1. The lowest BCUT2D eigenvalue weighted by atomic mass is 10.0. The maximum absolute atomic E-state index is 11.2. The van der Waals surface area contributed by atoms with Gasteiger partial charge in [-0.05, 0) is 18.2 Å². The molecule has 3 heterocycles. The molecule has 1 aromatic heterocycles. The van der Waals surface area contributed by atoms with E-state index in [2.05, 4.69) is 20.9 Å². The zero-order valence-electron chi connectivity index (χ0n) is 10.1.